The fraction of sp³-hybridized carbons (Fsp3) is 0.357. The van der Waals surface area contributed by atoms with E-state index in [0.717, 1.165) is 107 Å². The van der Waals surface area contributed by atoms with Crippen molar-refractivity contribution in [1.82, 2.24) is 9.97 Å². The lowest BCUT2D eigenvalue weighted by Crippen LogP contribution is -2.68. The summed E-state index contributed by atoms with van der Waals surface area (Å²) < 4.78 is 1.75. The van der Waals surface area contributed by atoms with Crippen LogP contribution >= 0.6 is 0 Å². The van der Waals surface area contributed by atoms with Crippen molar-refractivity contribution in [2.45, 2.75) is 75.9 Å². The fourth-order valence-corrected chi connectivity index (χ4v) is 13.8. The third kappa shape index (κ3) is 6.44. The zero-order valence-corrected chi connectivity index (χ0v) is 35.9. The molecule has 6 heteroatoms. The maximum absolute atomic E-state index is 12.7. The number of nitrogens with zero attached hydrogens (tertiary/aromatic N) is 4. The van der Waals surface area contributed by atoms with Crippen molar-refractivity contribution >= 4 is 43.4 Å². The van der Waals surface area contributed by atoms with Gasteiger partial charge in [0.25, 0.3) is 0 Å². The Labute approximate surface area is 366 Å². The number of aliphatic hydroxyl groups is 2. The van der Waals surface area contributed by atoms with E-state index in [-0.39, 0.29) is 12.1 Å². The van der Waals surface area contributed by atoms with Crippen LogP contribution in [0.4, 0.5) is 0 Å². The highest BCUT2D eigenvalue weighted by Gasteiger charge is 2.56. The first-order chi connectivity index (χ1) is 30.4. The van der Waals surface area contributed by atoms with E-state index in [1.165, 1.54) is 45.5 Å². The van der Waals surface area contributed by atoms with Crippen LogP contribution in [0.1, 0.15) is 73.0 Å². The van der Waals surface area contributed by atoms with Crippen molar-refractivity contribution in [2.24, 2.45) is 23.7 Å². The zero-order valence-electron chi connectivity index (χ0n) is 35.9. The molecule has 314 valence electrons. The molecule has 0 radical (unpaired) electrons. The van der Waals surface area contributed by atoms with Gasteiger partial charge in [-0.05, 0) is 81.6 Å². The van der Waals surface area contributed by atoms with Crippen LogP contribution < -0.4 is 0 Å². The molecule has 2 aromatic heterocycles. The number of pyridine rings is 2. The monoisotopic (exact) mass is 820 g/mol. The predicted octanol–water partition coefficient (Wildman–Crippen LogP) is 11.2. The largest absolute Gasteiger partial charge is 0.382 e. The molecule has 6 aliphatic heterocycles. The van der Waals surface area contributed by atoms with Crippen LogP contribution in [0.5, 0.6) is 0 Å². The summed E-state index contributed by atoms with van der Waals surface area (Å²) in [7, 11) is 0. The average Bonchev–Trinajstić information content (AvgIpc) is 3.32. The molecular weight excluding hydrogens is 761 g/mol. The Morgan fingerprint density at radius 3 is 1.29 bits per heavy atom. The minimum absolute atomic E-state index is 0.0686. The summed E-state index contributed by atoms with van der Waals surface area (Å²) in [4.78, 5) is 9.35. The van der Waals surface area contributed by atoms with E-state index in [1.807, 2.05) is 24.5 Å². The van der Waals surface area contributed by atoms with E-state index in [0.29, 0.717) is 23.7 Å². The van der Waals surface area contributed by atoms with Gasteiger partial charge in [-0.15, -0.1) is 13.2 Å². The molecule has 5 aromatic carbocycles. The topological polar surface area (TPSA) is 66.2 Å². The quantitative estimate of drug-likeness (QED) is 0.0732. The van der Waals surface area contributed by atoms with Gasteiger partial charge in [-0.1, -0.05) is 97.1 Å². The first kappa shape index (κ1) is 39.6. The lowest BCUT2D eigenvalue weighted by molar-refractivity contribution is -0.985. The van der Waals surface area contributed by atoms with Crippen LogP contribution in [-0.4, -0.2) is 67.4 Å². The molecule has 8 unspecified atom stereocenters. The van der Waals surface area contributed by atoms with E-state index >= 15 is 0 Å². The van der Waals surface area contributed by atoms with Gasteiger partial charge in [0.05, 0.1) is 37.2 Å². The molecule has 0 saturated carbocycles. The van der Waals surface area contributed by atoms with Gasteiger partial charge in [-0.25, -0.2) is 0 Å². The van der Waals surface area contributed by atoms with Crippen molar-refractivity contribution in [3.8, 4) is 0 Å². The van der Waals surface area contributed by atoms with Gasteiger partial charge >= 0.3 is 0 Å². The van der Waals surface area contributed by atoms with Crippen LogP contribution in [0.15, 0.2) is 147 Å². The Morgan fingerprint density at radius 2 is 0.903 bits per heavy atom. The van der Waals surface area contributed by atoms with Crippen LogP contribution in [0, 0.1) is 23.7 Å². The van der Waals surface area contributed by atoms with Crippen molar-refractivity contribution in [1.29, 1.82) is 0 Å². The number of benzene rings is 5. The summed E-state index contributed by atoms with van der Waals surface area (Å²) in [5.74, 6) is 2.27. The van der Waals surface area contributed by atoms with E-state index in [1.54, 1.807) is 0 Å². The Hall–Kier alpha value is -5.24. The molecule has 7 aromatic rings. The third-order valence-corrected chi connectivity index (χ3v) is 16.7. The molecule has 8 heterocycles. The second kappa shape index (κ2) is 15.8. The number of para-hydroxylation sites is 2. The average molecular weight is 821 g/mol. The first-order valence-corrected chi connectivity index (χ1v) is 23.3. The number of aromatic nitrogens is 2. The van der Waals surface area contributed by atoms with E-state index in [2.05, 4.69) is 132 Å². The molecule has 0 aliphatic carbocycles. The van der Waals surface area contributed by atoms with Crippen molar-refractivity contribution < 1.29 is 19.2 Å². The second-order valence-electron chi connectivity index (χ2n) is 19.6. The highest BCUT2D eigenvalue weighted by atomic mass is 16.3. The van der Waals surface area contributed by atoms with Crippen LogP contribution in [0.2, 0.25) is 0 Å². The molecule has 10 atom stereocenters. The third-order valence-electron chi connectivity index (χ3n) is 16.7. The van der Waals surface area contributed by atoms with Gasteiger partial charge in [0.1, 0.15) is 37.4 Å². The number of quaternary nitrogens is 2. The first-order valence-electron chi connectivity index (χ1n) is 23.3. The molecular formula is C56H60N4O2+2. The SMILES string of the molecule is C=CCC1C[N+]2(Cc3c4ccccc4c(C[N+]45CCC(CC4[C@@H](O)c4ccnc6ccccc46)C(CC=C)C5)c4ccccc34)CCC1CC2[C@@H](O)c1ccnc2ccccc12. The van der Waals surface area contributed by atoms with E-state index < -0.39 is 12.2 Å². The van der Waals surface area contributed by atoms with Crippen molar-refractivity contribution in [3.63, 3.8) is 0 Å². The van der Waals surface area contributed by atoms with Gasteiger partial charge < -0.3 is 19.2 Å². The van der Waals surface area contributed by atoms with Gasteiger partial charge in [-0.2, -0.15) is 0 Å². The number of allylic oxidation sites excluding steroid dienone is 2. The fourth-order valence-electron chi connectivity index (χ4n) is 13.8. The van der Waals surface area contributed by atoms with Crippen molar-refractivity contribution in [3.05, 3.63) is 169 Å². The normalized spacial score (nSPS) is 29.0. The Kier molecular flexibility index (Phi) is 10.1. The number of rotatable bonds is 12. The summed E-state index contributed by atoms with van der Waals surface area (Å²) in [5.41, 5.74) is 6.68. The number of piperidine rings is 6. The van der Waals surface area contributed by atoms with Gasteiger partial charge in [0.2, 0.25) is 0 Å². The smallest absolute Gasteiger partial charge is 0.131 e. The molecule has 6 aliphatic rings. The van der Waals surface area contributed by atoms with Crippen LogP contribution in [0.3, 0.4) is 0 Å². The molecule has 6 fully saturated rings. The molecule has 4 bridgehead atoms. The minimum Gasteiger partial charge on any atom is -0.382 e. The Morgan fingerprint density at radius 1 is 0.532 bits per heavy atom. The highest BCUT2D eigenvalue weighted by Crippen LogP contribution is 2.52. The molecule has 2 N–H and O–H groups in total. The number of aliphatic hydroxyl groups excluding tert-OH is 2. The number of hydrogen-bond donors (Lipinski definition) is 2. The van der Waals surface area contributed by atoms with Gasteiger partial charge in [0.15, 0.2) is 0 Å². The van der Waals surface area contributed by atoms with E-state index in [9.17, 15) is 10.2 Å². The Balaban J connectivity index is 1.04. The lowest BCUT2D eigenvalue weighted by Gasteiger charge is -2.59. The van der Waals surface area contributed by atoms with Gasteiger partial charge in [0, 0.05) is 71.8 Å². The summed E-state index contributed by atoms with van der Waals surface area (Å²) in [6.45, 7) is 14.4. The summed E-state index contributed by atoms with van der Waals surface area (Å²) in [6.07, 6.45) is 13.2. The molecule has 13 rings (SSSR count). The molecule has 6 saturated heterocycles. The zero-order chi connectivity index (χ0) is 42.0. The standard InChI is InChI=1S/C56H60N4O2/c1-3-13-39-33-59(29-25-37(39)31-53(59)55(61)47-23-27-57-51-21-11-9-19-45(47)51)35-49-41-15-5-7-17-43(41)50(44-18-8-6-16-42(44)49)36-60-30-26-38(40(34-60)14-4-2)32-54(60)56(62)48-24-28-58-52-22-12-10-20-46(48)52/h3-12,15-24,27-28,37-40,53-56,61-62H,1-2,13-14,25-26,29-36H2/q+2/t37?,38?,39?,40?,53?,54?,55-,56-,59?,60?/m0/s1. The summed E-state index contributed by atoms with van der Waals surface area (Å²) in [6, 6.07) is 39.2. The molecule has 62 heavy (non-hydrogen) atoms. The van der Waals surface area contributed by atoms with E-state index in [4.69, 9.17) is 0 Å². The number of hydrogen-bond acceptors (Lipinski definition) is 4. The maximum atomic E-state index is 12.7. The molecule has 0 spiro atoms. The second-order valence-corrected chi connectivity index (χ2v) is 19.6. The molecule has 0 amide bonds. The summed E-state index contributed by atoms with van der Waals surface area (Å²) >= 11 is 0. The Bertz CT molecular complexity index is 2580. The van der Waals surface area contributed by atoms with Crippen LogP contribution in [-0.2, 0) is 13.1 Å². The van der Waals surface area contributed by atoms with Crippen molar-refractivity contribution in [2.75, 3.05) is 26.2 Å². The highest BCUT2D eigenvalue weighted by molar-refractivity contribution is 6.05. The lowest BCUT2D eigenvalue weighted by atomic mass is 9.69. The number of fused-ring (bicyclic) bond motifs is 10. The minimum atomic E-state index is -0.602. The van der Waals surface area contributed by atoms with Gasteiger partial charge in [-0.3, -0.25) is 9.97 Å². The predicted molar refractivity (Wildman–Crippen MR) is 252 cm³/mol. The summed E-state index contributed by atoms with van der Waals surface area (Å²) in [5, 5.41) is 32.8. The molecule has 6 nitrogen and oxygen atoms in total. The van der Waals surface area contributed by atoms with Crippen LogP contribution in [0.25, 0.3) is 43.4 Å². The maximum Gasteiger partial charge on any atom is 0.131 e.